The van der Waals surface area contributed by atoms with E-state index in [0.717, 1.165) is 65.5 Å². The number of ether oxygens (including phenoxy) is 3. The van der Waals surface area contributed by atoms with Gasteiger partial charge in [-0.1, -0.05) is 44.9 Å². The van der Waals surface area contributed by atoms with Crippen LogP contribution in [0.4, 0.5) is 9.59 Å². The summed E-state index contributed by atoms with van der Waals surface area (Å²) in [5, 5.41) is 7.61. The van der Waals surface area contributed by atoms with Crippen molar-refractivity contribution in [1.29, 1.82) is 0 Å². The van der Waals surface area contributed by atoms with Crippen molar-refractivity contribution in [2.24, 2.45) is 23.7 Å². The number of nitrogens with zero attached hydrogens (tertiary/aromatic N) is 4. The van der Waals surface area contributed by atoms with Gasteiger partial charge < -0.3 is 44.6 Å². The first kappa shape index (κ1) is 40.9. The summed E-state index contributed by atoms with van der Waals surface area (Å²) in [6, 6.07) is 10.4. The van der Waals surface area contributed by atoms with Crippen molar-refractivity contribution in [3.05, 3.63) is 71.7 Å². The molecule has 1 saturated carbocycles. The molecule has 4 fully saturated rings. The van der Waals surface area contributed by atoms with E-state index in [1.807, 2.05) is 61.0 Å². The molecule has 0 bridgehead atoms. The van der Waals surface area contributed by atoms with Crippen LogP contribution in [-0.2, 0) is 23.8 Å². The number of carbonyl (C=O) groups is 4. The molecule has 0 unspecified atom stereocenters. The molecule has 1 aliphatic carbocycles. The van der Waals surface area contributed by atoms with Gasteiger partial charge in [0, 0.05) is 35.7 Å². The molecule has 8 rings (SSSR count). The molecule has 4 aliphatic rings. The zero-order valence-electron chi connectivity index (χ0n) is 35.0. The Kier molecular flexibility index (Phi) is 11.6. The number of amides is 4. The number of likely N-dealkylation sites (tertiary alicyclic amines) is 2. The van der Waals surface area contributed by atoms with E-state index in [1.165, 1.54) is 14.2 Å². The minimum Gasteiger partial charge on any atom is -0.453 e. The smallest absolute Gasteiger partial charge is 0.407 e. The Bertz CT molecular complexity index is 2320. The number of fused-ring (bicyclic) bond motifs is 2. The average Bonchev–Trinajstić information content (AvgIpc) is 3.67. The van der Waals surface area contributed by atoms with Crippen LogP contribution in [0.2, 0.25) is 0 Å². The number of methoxy groups -OCH3 is 2. The zero-order chi connectivity index (χ0) is 42.2. The van der Waals surface area contributed by atoms with E-state index in [4.69, 9.17) is 19.2 Å². The third kappa shape index (κ3) is 8.17. The highest BCUT2D eigenvalue weighted by atomic mass is 16.5. The largest absolute Gasteiger partial charge is 0.453 e. The summed E-state index contributed by atoms with van der Waals surface area (Å²) in [4.78, 5) is 72.6. The molecule has 4 amide bonds. The summed E-state index contributed by atoms with van der Waals surface area (Å²) in [6.45, 7) is 9.03. The summed E-state index contributed by atoms with van der Waals surface area (Å²) >= 11 is 0. The molecule has 316 valence electrons. The number of benzene rings is 2. The van der Waals surface area contributed by atoms with Gasteiger partial charge in [0.05, 0.1) is 51.0 Å². The highest BCUT2D eigenvalue weighted by Gasteiger charge is 2.56. The van der Waals surface area contributed by atoms with Crippen LogP contribution in [0.3, 0.4) is 0 Å². The summed E-state index contributed by atoms with van der Waals surface area (Å²) in [5.41, 5.74) is 3.31. The van der Waals surface area contributed by atoms with Gasteiger partial charge in [-0.2, -0.15) is 0 Å². The van der Waals surface area contributed by atoms with Crippen LogP contribution in [0.5, 0.6) is 0 Å². The molecule has 9 atom stereocenters. The molecule has 5 heterocycles. The number of hydrogen-bond donors (Lipinski definition) is 4. The first-order chi connectivity index (χ1) is 28.9. The van der Waals surface area contributed by atoms with Crippen molar-refractivity contribution in [2.45, 2.75) is 96.1 Å². The van der Waals surface area contributed by atoms with E-state index in [0.29, 0.717) is 30.7 Å². The molecule has 0 spiro atoms. The van der Waals surface area contributed by atoms with Gasteiger partial charge in [-0.25, -0.2) is 19.6 Å². The first-order valence-electron chi connectivity index (χ1n) is 21.0. The fraction of sp³-hybridized carbons (Fsp3) is 0.511. The fourth-order valence-electron chi connectivity index (χ4n) is 9.30. The van der Waals surface area contributed by atoms with Crippen LogP contribution in [0, 0.1) is 35.5 Å². The molecule has 15 heteroatoms. The number of piperidine rings is 1. The molecule has 3 aliphatic heterocycles. The Morgan fingerprint density at radius 3 is 2.32 bits per heavy atom. The zero-order valence-corrected chi connectivity index (χ0v) is 35.0. The van der Waals surface area contributed by atoms with Crippen LogP contribution in [0.15, 0.2) is 48.8 Å². The minimum absolute atomic E-state index is 0.0479. The Hall–Kier alpha value is -5.88. The fourth-order valence-corrected chi connectivity index (χ4v) is 9.30. The van der Waals surface area contributed by atoms with Crippen molar-refractivity contribution >= 4 is 34.8 Å². The van der Waals surface area contributed by atoms with Crippen molar-refractivity contribution in [3.8, 4) is 23.1 Å². The number of rotatable bonds is 9. The Labute approximate surface area is 349 Å². The average molecular weight is 819 g/mol. The number of nitrogens with one attached hydrogen (secondary N) is 4. The van der Waals surface area contributed by atoms with E-state index in [9.17, 15) is 19.2 Å². The lowest BCUT2D eigenvalue weighted by molar-refractivity contribution is -0.139. The third-order valence-corrected chi connectivity index (χ3v) is 12.9. The molecule has 2 aromatic carbocycles. The molecule has 4 N–H and O–H groups in total. The number of aromatic nitrogens is 4. The number of hydrogen-bond acceptors (Lipinski definition) is 9. The Morgan fingerprint density at radius 1 is 0.850 bits per heavy atom. The van der Waals surface area contributed by atoms with E-state index >= 15 is 0 Å². The van der Waals surface area contributed by atoms with Crippen LogP contribution in [0.25, 0.3) is 22.0 Å². The summed E-state index contributed by atoms with van der Waals surface area (Å²) < 4.78 is 15.4. The van der Waals surface area contributed by atoms with Gasteiger partial charge >= 0.3 is 12.2 Å². The van der Waals surface area contributed by atoms with Crippen LogP contribution in [0.1, 0.15) is 94.8 Å². The van der Waals surface area contributed by atoms with Gasteiger partial charge in [-0.15, -0.1) is 0 Å². The standard InChI is InChI=1S/C45H54N8O7/c1-24(2)38(50-44(56)58-5)42(54)52-26(4)25(3)16-36(52)40-46-21-33(48-40)14-10-27-9-11-29-18-30(13-12-28(29)17-27)34-22-47-41(49-34)37-20-32-19-35(32)53(37)43(55)39(51-45(57)59-6)31-8-7-15-60-23-31/h9,11-13,17-18,21-22,24-26,31-32,35-39H,7-8,15-16,19-20,23H2,1-6H3,(H,46,48)(H,47,49)(H,50,56)(H,51,57)/t25-,26-,31-,32-,35-,36+,37+,38+,39+/m1/s1. The molecule has 0 radical (unpaired) electrons. The van der Waals surface area contributed by atoms with Gasteiger partial charge in [-0.05, 0) is 91.7 Å². The maximum Gasteiger partial charge on any atom is 0.407 e. The summed E-state index contributed by atoms with van der Waals surface area (Å²) in [7, 11) is 2.60. The quantitative estimate of drug-likeness (QED) is 0.151. The topological polar surface area (TPSA) is 184 Å². The van der Waals surface area contributed by atoms with Gasteiger partial charge in [0.2, 0.25) is 11.8 Å². The molecular formula is C45H54N8O7. The van der Waals surface area contributed by atoms with Gasteiger partial charge in [0.1, 0.15) is 29.4 Å². The monoisotopic (exact) mass is 818 g/mol. The van der Waals surface area contributed by atoms with E-state index in [2.05, 4.69) is 56.5 Å². The maximum absolute atomic E-state index is 14.2. The highest BCUT2D eigenvalue weighted by molar-refractivity contribution is 5.89. The molecule has 15 nitrogen and oxygen atoms in total. The summed E-state index contributed by atoms with van der Waals surface area (Å²) in [6.07, 6.45) is 6.41. The van der Waals surface area contributed by atoms with Crippen molar-refractivity contribution in [1.82, 2.24) is 40.4 Å². The van der Waals surface area contributed by atoms with Crippen molar-refractivity contribution in [2.75, 3.05) is 27.4 Å². The van der Waals surface area contributed by atoms with Crippen LogP contribution >= 0.6 is 0 Å². The lowest BCUT2D eigenvalue weighted by Gasteiger charge is -2.35. The second-order valence-electron chi connectivity index (χ2n) is 17.1. The van der Waals surface area contributed by atoms with Gasteiger partial charge in [-0.3, -0.25) is 9.59 Å². The van der Waals surface area contributed by atoms with Crippen LogP contribution in [-0.4, -0.2) is 105 Å². The number of carbonyl (C=O) groups excluding carboxylic acids is 4. The predicted octanol–water partition coefficient (Wildman–Crippen LogP) is 5.84. The first-order valence-corrected chi connectivity index (χ1v) is 21.0. The van der Waals surface area contributed by atoms with Crippen molar-refractivity contribution in [3.63, 3.8) is 0 Å². The van der Waals surface area contributed by atoms with Crippen molar-refractivity contribution < 1.29 is 33.4 Å². The maximum atomic E-state index is 14.2. The molecular weight excluding hydrogens is 765 g/mol. The van der Waals surface area contributed by atoms with E-state index in [1.54, 1.807) is 6.20 Å². The van der Waals surface area contributed by atoms with Crippen LogP contribution < -0.4 is 10.6 Å². The minimum atomic E-state index is -0.729. The van der Waals surface area contributed by atoms with E-state index in [-0.39, 0.29) is 53.7 Å². The van der Waals surface area contributed by atoms with E-state index < -0.39 is 24.3 Å². The second kappa shape index (κ2) is 17.0. The summed E-state index contributed by atoms with van der Waals surface area (Å²) in [5.74, 6) is 8.00. The second-order valence-corrected chi connectivity index (χ2v) is 17.1. The predicted molar refractivity (Wildman–Crippen MR) is 222 cm³/mol. The SMILES string of the molecule is COC(=O)N[C@H](C(=O)N1[C@H](C)[C@H](C)C[C@H]1c1ncc(C#Cc2ccc3cc(-c4cnc([C@@H]5C[C@H]6C[C@H]6N5C(=O)[C@@H](NC(=O)OC)[C@@H]5CCCOC5)[nH]4)ccc3c2)[nH]1)C(C)C. The normalized spacial score (nSPS) is 25.6. The highest BCUT2D eigenvalue weighted by Crippen LogP contribution is 2.53. The number of alkyl carbamates (subject to hydrolysis) is 2. The number of imidazole rings is 2. The van der Waals surface area contributed by atoms with Gasteiger partial charge in [0.25, 0.3) is 0 Å². The lowest BCUT2D eigenvalue weighted by Crippen LogP contribution is -2.54. The molecule has 4 aromatic rings. The number of H-pyrrole nitrogens is 2. The Morgan fingerprint density at radius 2 is 1.57 bits per heavy atom. The molecule has 3 saturated heterocycles. The Balaban J connectivity index is 0.958. The molecule has 2 aromatic heterocycles. The van der Waals surface area contributed by atoms with Gasteiger partial charge in [0.15, 0.2) is 0 Å². The lowest BCUT2D eigenvalue weighted by atomic mass is 9.92. The third-order valence-electron chi connectivity index (χ3n) is 12.9. The molecule has 60 heavy (non-hydrogen) atoms. The number of aromatic amines is 2.